The molecular formula is C23H28N4O3. The lowest BCUT2D eigenvalue weighted by Gasteiger charge is -2.23. The molecule has 7 heteroatoms. The molecule has 0 aliphatic carbocycles. The zero-order valence-electron chi connectivity index (χ0n) is 18.0. The standard InChI is InChI=1S/C23H28N4O3/c1-15-10-11-20(30-5)18(14-15)16(2)25-23(28)26-21(22-24-12-13-27(22)3)17-8-6-7-9-19(17)29-4/h6-14,16,21H,1-5H3,(H2,25,26,28)/t16-,21+/m1/s1. The Kier molecular flexibility index (Phi) is 6.61. The summed E-state index contributed by atoms with van der Waals surface area (Å²) >= 11 is 0. The molecule has 0 aliphatic heterocycles. The molecule has 0 bridgehead atoms. The first-order chi connectivity index (χ1) is 14.4. The lowest BCUT2D eigenvalue weighted by atomic mass is 10.0. The Morgan fingerprint density at radius 2 is 1.73 bits per heavy atom. The summed E-state index contributed by atoms with van der Waals surface area (Å²) in [6.45, 7) is 3.93. The number of carbonyl (C=O) groups excluding carboxylic acids is 1. The number of hydrogen-bond acceptors (Lipinski definition) is 4. The van der Waals surface area contributed by atoms with Crippen molar-refractivity contribution in [1.29, 1.82) is 0 Å². The fraction of sp³-hybridized carbons (Fsp3) is 0.304. The topological polar surface area (TPSA) is 77.4 Å². The van der Waals surface area contributed by atoms with Crippen molar-refractivity contribution in [2.45, 2.75) is 25.9 Å². The molecule has 0 saturated heterocycles. The van der Waals surface area contributed by atoms with Crippen molar-refractivity contribution in [1.82, 2.24) is 20.2 Å². The Morgan fingerprint density at radius 1 is 1.03 bits per heavy atom. The maximum absolute atomic E-state index is 13.0. The van der Waals surface area contributed by atoms with Crippen molar-refractivity contribution >= 4 is 6.03 Å². The van der Waals surface area contributed by atoms with Crippen LogP contribution in [0.15, 0.2) is 54.9 Å². The van der Waals surface area contributed by atoms with E-state index in [2.05, 4.69) is 15.6 Å². The summed E-state index contributed by atoms with van der Waals surface area (Å²) in [5, 5.41) is 6.06. The van der Waals surface area contributed by atoms with Gasteiger partial charge in [-0.25, -0.2) is 9.78 Å². The van der Waals surface area contributed by atoms with Crippen LogP contribution in [0.25, 0.3) is 0 Å². The van der Waals surface area contributed by atoms with Crippen LogP contribution >= 0.6 is 0 Å². The molecule has 1 heterocycles. The number of carbonyl (C=O) groups is 1. The maximum atomic E-state index is 13.0. The number of benzene rings is 2. The molecular weight excluding hydrogens is 380 g/mol. The first-order valence-corrected chi connectivity index (χ1v) is 9.76. The molecule has 2 N–H and O–H groups in total. The third-order valence-corrected chi connectivity index (χ3v) is 5.04. The first kappa shape index (κ1) is 21.2. The number of methoxy groups -OCH3 is 2. The van der Waals surface area contributed by atoms with Gasteiger partial charge in [-0.05, 0) is 26.0 Å². The molecule has 2 atom stereocenters. The second-order valence-corrected chi connectivity index (χ2v) is 7.16. The summed E-state index contributed by atoms with van der Waals surface area (Å²) in [6, 6.07) is 12.5. The van der Waals surface area contributed by atoms with Crippen molar-refractivity contribution in [2.75, 3.05) is 14.2 Å². The summed E-state index contributed by atoms with van der Waals surface area (Å²) < 4.78 is 12.9. The Balaban J connectivity index is 1.86. The predicted octanol–water partition coefficient (Wildman–Crippen LogP) is 3.90. The molecule has 158 valence electrons. The van der Waals surface area contributed by atoms with Gasteiger partial charge in [-0.2, -0.15) is 0 Å². The number of rotatable bonds is 7. The van der Waals surface area contributed by atoms with E-state index >= 15 is 0 Å². The first-order valence-electron chi connectivity index (χ1n) is 9.76. The largest absolute Gasteiger partial charge is 0.496 e. The van der Waals surface area contributed by atoms with Crippen LogP contribution in [0.2, 0.25) is 0 Å². The normalized spacial score (nSPS) is 12.7. The average Bonchev–Trinajstić information content (AvgIpc) is 3.17. The van der Waals surface area contributed by atoms with E-state index in [9.17, 15) is 4.79 Å². The van der Waals surface area contributed by atoms with Gasteiger partial charge >= 0.3 is 6.03 Å². The quantitative estimate of drug-likeness (QED) is 0.622. The van der Waals surface area contributed by atoms with E-state index in [4.69, 9.17) is 9.47 Å². The minimum Gasteiger partial charge on any atom is -0.496 e. The minimum atomic E-state index is -0.479. The number of para-hydroxylation sites is 1. The van der Waals surface area contributed by atoms with Crippen LogP contribution in [-0.4, -0.2) is 29.8 Å². The summed E-state index contributed by atoms with van der Waals surface area (Å²) in [5.41, 5.74) is 2.84. The Morgan fingerprint density at radius 3 is 2.40 bits per heavy atom. The van der Waals surface area contributed by atoms with Gasteiger partial charge in [0.1, 0.15) is 23.4 Å². The summed E-state index contributed by atoms with van der Waals surface area (Å²) in [6.07, 6.45) is 3.55. The lowest BCUT2D eigenvalue weighted by molar-refractivity contribution is 0.234. The van der Waals surface area contributed by atoms with Crippen LogP contribution in [0.5, 0.6) is 11.5 Å². The van der Waals surface area contributed by atoms with E-state index in [0.717, 1.165) is 22.4 Å². The molecule has 3 aromatic rings. The number of imidazole rings is 1. The molecule has 3 rings (SSSR count). The van der Waals surface area contributed by atoms with E-state index in [-0.39, 0.29) is 12.1 Å². The van der Waals surface area contributed by atoms with Crippen molar-refractivity contribution in [3.05, 3.63) is 77.4 Å². The van der Waals surface area contributed by atoms with Crippen molar-refractivity contribution < 1.29 is 14.3 Å². The van der Waals surface area contributed by atoms with Gasteiger partial charge < -0.3 is 24.7 Å². The van der Waals surface area contributed by atoms with Gasteiger partial charge in [0.15, 0.2) is 0 Å². The van der Waals surface area contributed by atoms with Gasteiger partial charge in [-0.3, -0.25) is 0 Å². The molecule has 1 aromatic heterocycles. The summed E-state index contributed by atoms with van der Waals surface area (Å²) in [7, 11) is 5.13. The Labute approximate surface area is 177 Å². The van der Waals surface area contributed by atoms with E-state index < -0.39 is 6.04 Å². The highest BCUT2D eigenvalue weighted by atomic mass is 16.5. The number of hydrogen-bond donors (Lipinski definition) is 2. The molecule has 0 fully saturated rings. The number of ether oxygens (including phenoxy) is 2. The highest BCUT2D eigenvalue weighted by Gasteiger charge is 2.25. The fourth-order valence-electron chi connectivity index (χ4n) is 3.48. The second-order valence-electron chi connectivity index (χ2n) is 7.16. The van der Waals surface area contributed by atoms with Crippen LogP contribution in [0.4, 0.5) is 4.79 Å². The molecule has 0 aliphatic rings. The number of urea groups is 1. The average molecular weight is 409 g/mol. The van der Waals surface area contributed by atoms with Crippen molar-refractivity contribution in [3.63, 3.8) is 0 Å². The van der Waals surface area contributed by atoms with Gasteiger partial charge in [-0.1, -0.05) is 35.9 Å². The summed E-state index contributed by atoms with van der Waals surface area (Å²) in [4.78, 5) is 17.4. The maximum Gasteiger partial charge on any atom is 0.316 e. The molecule has 2 aromatic carbocycles. The SMILES string of the molecule is COc1ccccc1[C@H](NC(=O)N[C@H](C)c1cc(C)ccc1OC)c1nccn1C. The van der Waals surface area contributed by atoms with Crippen LogP contribution in [-0.2, 0) is 7.05 Å². The molecule has 0 spiro atoms. The third-order valence-electron chi connectivity index (χ3n) is 5.04. The summed E-state index contributed by atoms with van der Waals surface area (Å²) in [5.74, 6) is 2.12. The van der Waals surface area contributed by atoms with E-state index in [0.29, 0.717) is 11.6 Å². The molecule has 2 amide bonds. The van der Waals surface area contributed by atoms with Crippen LogP contribution in [0, 0.1) is 6.92 Å². The van der Waals surface area contributed by atoms with Gasteiger partial charge in [0.05, 0.1) is 20.3 Å². The van der Waals surface area contributed by atoms with Gasteiger partial charge in [-0.15, -0.1) is 0 Å². The molecule has 30 heavy (non-hydrogen) atoms. The van der Waals surface area contributed by atoms with Crippen LogP contribution in [0.3, 0.4) is 0 Å². The van der Waals surface area contributed by atoms with Crippen molar-refractivity contribution in [3.8, 4) is 11.5 Å². The highest BCUT2D eigenvalue weighted by Crippen LogP contribution is 2.30. The highest BCUT2D eigenvalue weighted by molar-refractivity contribution is 5.75. The van der Waals surface area contributed by atoms with Crippen molar-refractivity contribution in [2.24, 2.45) is 7.05 Å². The Hall–Kier alpha value is -3.48. The predicted molar refractivity (Wildman–Crippen MR) is 116 cm³/mol. The Bertz CT molecular complexity index is 1020. The van der Waals surface area contributed by atoms with Gasteiger partial charge in [0.25, 0.3) is 0 Å². The third kappa shape index (κ3) is 4.56. The van der Waals surface area contributed by atoms with E-state index in [1.165, 1.54) is 0 Å². The molecule has 0 radical (unpaired) electrons. The van der Waals surface area contributed by atoms with Gasteiger partial charge in [0.2, 0.25) is 0 Å². The van der Waals surface area contributed by atoms with E-state index in [1.807, 2.05) is 74.1 Å². The number of nitrogens with zero attached hydrogens (tertiary/aromatic N) is 2. The lowest BCUT2D eigenvalue weighted by Crippen LogP contribution is -2.40. The number of aromatic nitrogens is 2. The molecule has 0 saturated carbocycles. The number of nitrogens with one attached hydrogen (secondary N) is 2. The molecule has 0 unspecified atom stereocenters. The second kappa shape index (κ2) is 9.35. The molecule has 7 nitrogen and oxygen atoms in total. The number of aryl methyl sites for hydroxylation is 2. The number of amides is 2. The van der Waals surface area contributed by atoms with E-state index in [1.54, 1.807) is 20.4 Å². The van der Waals surface area contributed by atoms with Crippen LogP contribution < -0.4 is 20.1 Å². The van der Waals surface area contributed by atoms with Crippen LogP contribution in [0.1, 0.15) is 41.5 Å². The minimum absolute atomic E-state index is 0.250. The van der Waals surface area contributed by atoms with Gasteiger partial charge in [0, 0.05) is 30.6 Å². The fourth-order valence-corrected chi connectivity index (χ4v) is 3.48. The zero-order valence-corrected chi connectivity index (χ0v) is 18.0. The monoisotopic (exact) mass is 408 g/mol. The zero-order chi connectivity index (χ0) is 21.7. The smallest absolute Gasteiger partial charge is 0.316 e.